The highest BCUT2D eigenvalue weighted by atomic mass is 35.5. The number of carbonyl (C=O) groups excluding carboxylic acids is 2. The van der Waals surface area contributed by atoms with Gasteiger partial charge in [-0.05, 0) is 43.7 Å². The summed E-state index contributed by atoms with van der Waals surface area (Å²) in [5.74, 6) is -0.902. The Bertz CT molecular complexity index is 1110. The van der Waals surface area contributed by atoms with E-state index in [2.05, 4.69) is 5.10 Å². The fraction of sp³-hybridized carbons (Fsp3) is 0.208. The summed E-state index contributed by atoms with van der Waals surface area (Å²) in [6.07, 6.45) is 2.97. The Morgan fingerprint density at radius 3 is 2.48 bits per heavy atom. The lowest BCUT2D eigenvalue weighted by atomic mass is 10.1. The molecule has 0 atom stereocenters. The number of anilines is 1. The van der Waals surface area contributed by atoms with Crippen LogP contribution in [-0.4, -0.2) is 35.3 Å². The van der Waals surface area contributed by atoms with Gasteiger partial charge in [-0.1, -0.05) is 48.0 Å². The second kappa shape index (κ2) is 10.1. The molecule has 0 bridgehead atoms. The summed E-state index contributed by atoms with van der Waals surface area (Å²) < 4.78 is 6.95. The van der Waals surface area contributed by atoms with Gasteiger partial charge in [0.1, 0.15) is 0 Å². The second-order valence-corrected chi connectivity index (χ2v) is 7.47. The van der Waals surface area contributed by atoms with Crippen molar-refractivity contribution in [1.82, 2.24) is 9.78 Å². The third kappa shape index (κ3) is 5.61. The number of likely N-dealkylation sites (N-methyl/N-ethyl adjacent to an activating group) is 1. The zero-order valence-corrected chi connectivity index (χ0v) is 18.5. The summed E-state index contributed by atoms with van der Waals surface area (Å²) in [6, 6.07) is 16.8. The maximum Gasteiger partial charge on any atom is 0.331 e. The monoisotopic (exact) mass is 437 g/mol. The molecule has 0 aliphatic rings. The topological polar surface area (TPSA) is 64.4 Å². The molecule has 0 fully saturated rings. The van der Waals surface area contributed by atoms with Crippen molar-refractivity contribution in [3.63, 3.8) is 0 Å². The van der Waals surface area contributed by atoms with Crippen LogP contribution >= 0.6 is 11.6 Å². The Balaban J connectivity index is 1.61. The lowest BCUT2D eigenvalue weighted by molar-refractivity contribution is -0.142. The van der Waals surface area contributed by atoms with Crippen molar-refractivity contribution >= 4 is 35.2 Å². The number of esters is 1. The second-order valence-electron chi connectivity index (χ2n) is 7.06. The van der Waals surface area contributed by atoms with Gasteiger partial charge in [0.05, 0.1) is 12.2 Å². The summed E-state index contributed by atoms with van der Waals surface area (Å²) >= 11 is 6.25. The number of aromatic nitrogens is 2. The van der Waals surface area contributed by atoms with Gasteiger partial charge in [-0.3, -0.25) is 9.48 Å². The number of benzene rings is 2. The van der Waals surface area contributed by atoms with Gasteiger partial charge in [0, 0.05) is 35.1 Å². The molecule has 1 aromatic heterocycles. The fourth-order valence-corrected chi connectivity index (χ4v) is 3.31. The molecule has 3 aromatic rings. The van der Waals surface area contributed by atoms with Crippen molar-refractivity contribution < 1.29 is 14.3 Å². The number of hydrogen-bond acceptors (Lipinski definition) is 4. The molecule has 6 nitrogen and oxygen atoms in total. The molecule has 0 radical (unpaired) electrons. The molecule has 1 heterocycles. The van der Waals surface area contributed by atoms with Crippen molar-refractivity contribution in [2.24, 2.45) is 0 Å². The largest absolute Gasteiger partial charge is 0.452 e. The minimum atomic E-state index is -0.590. The zero-order valence-electron chi connectivity index (χ0n) is 17.7. The van der Waals surface area contributed by atoms with Crippen LogP contribution in [0.5, 0.6) is 0 Å². The Morgan fingerprint density at radius 2 is 1.77 bits per heavy atom. The number of ether oxygens (including phenoxy) is 1. The first-order valence-electron chi connectivity index (χ1n) is 9.80. The van der Waals surface area contributed by atoms with Crippen LogP contribution in [0, 0.1) is 13.8 Å². The minimum absolute atomic E-state index is 0.312. The van der Waals surface area contributed by atoms with Gasteiger partial charge in [0.15, 0.2) is 6.61 Å². The molecule has 0 saturated heterocycles. The number of halogens is 1. The maximum atomic E-state index is 12.2. The molecule has 0 saturated carbocycles. The lowest BCUT2D eigenvalue weighted by Gasteiger charge is -2.16. The Hall–Kier alpha value is -3.38. The first-order valence-corrected chi connectivity index (χ1v) is 10.2. The summed E-state index contributed by atoms with van der Waals surface area (Å²) in [4.78, 5) is 25.8. The van der Waals surface area contributed by atoms with Crippen LogP contribution in [0.2, 0.25) is 5.02 Å². The average molecular weight is 438 g/mol. The number of carbonyl (C=O) groups is 2. The first-order chi connectivity index (χ1) is 14.9. The van der Waals surface area contributed by atoms with E-state index >= 15 is 0 Å². The van der Waals surface area contributed by atoms with E-state index < -0.39 is 5.97 Å². The predicted octanol–water partition coefficient (Wildman–Crippen LogP) is 4.42. The molecule has 7 heteroatoms. The molecule has 160 valence electrons. The van der Waals surface area contributed by atoms with E-state index in [1.54, 1.807) is 13.1 Å². The molecule has 0 aliphatic heterocycles. The SMILES string of the molecule is Cc1nn(Cc2ccccc2Cl)c(C)c1/C=C/C(=O)OCC(=O)N(C)c1ccccc1. The fourth-order valence-electron chi connectivity index (χ4n) is 3.12. The first kappa shape index (κ1) is 22.3. The number of amides is 1. The van der Waals surface area contributed by atoms with Crippen molar-refractivity contribution in [1.29, 1.82) is 0 Å². The van der Waals surface area contributed by atoms with Crippen LogP contribution in [0.25, 0.3) is 6.08 Å². The maximum absolute atomic E-state index is 12.2. The molecule has 0 spiro atoms. The van der Waals surface area contributed by atoms with E-state index in [0.29, 0.717) is 11.6 Å². The summed E-state index contributed by atoms with van der Waals surface area (Å²) in [7, 11) is 1.64. The van der Waals surface area contributed by atoms with Crippen LogP contribution in [-0.2, 0) is 20.9 Å². The molecule has 2 aromatic carbocycles. The van der Waals surface area contributed by atoms with E-state index in [-0.39, 0.29) is 12.5 Å². The molecular weight excluding hydrogens is 414 g/mol. The standard InChI is InChI=1S/C24H24ClN3O3/c1-17-21(18(2)28(26-17)15-19-9-7-8-12-22(19)25)13-14-24(30)31-16-23(29)27(3)20-10-5-4-6-11-20/h4-14H,15-16H2,1-3H3/b14-13+. The number of nitrogens with zero attached hydrogens (tertiary/aromatic N) is 3. The lowest BCUT2D eigenvalue weighted by Crippen LogP contribution is -2.30. The van der Waals surface area contributed by atoms with Gasteiger partial charge in [0.2, 0.25) is 0 Å². The van der Waals surface area contributed by atoms with E-state index in [9.17, 15) is 9.59 Å². The van der Waals surface area contributed by atoms with Crippen LogP contribution in [0.3, 0.4) is 0 Å². The molecule has 1 amide bonds. The molecule has 3 rings (SSSR count). The Kier molecular flexibility index (Phi) is 7.26. The molecule has 0 aliphatic carbocycles. The van der Waals surface area contributed by atoms with Gasteiger partial charge < -0.3 is 9.64 Å². The van der Waals surface area contributed by atoms with Gasteiger partial charge in [-0.25, -0.2) is 4.79 Å². The van der Waals surface area contributed by atoms with Crippen molar-refractivity contribution in [3.8, 4) is 0 Å². The number of hydrogen-bond donors (Lipinski definition) is 0. The summed E-state index contributed by atoms with van der Waals surface area (Å²) in [5.41, 5.74) is 4.22. The highest BCUT2D eigenvalue weighted by molar-refractivity contribution is 6.31. The highest BCUT2D eigenvalue weighted by Crippen LogP contribution is 2.20. The summed E-state index contributed by atoms with van der Waals surface area (Å²) in [6.45, 7) is 4.00. The summed E-state index contributed by atoms with van der Waals surface area (Å²) in [5, 5.41) is 5.23. The molecule has 31 heavy (non-hydrogen) atoms. The Labute approximate surface area is 186 Å². The number of rotatable bonds is 7. The van der Waals surface area contributed by atoms with E-state index in [1.165, 1.54) is 11.0 Å². The van der Waals surface area contributed by atoms with Crippen molar-refractivity contribution in [2.75, 3.05) is 18.6 Å². The van der Waals surface area contributed by atoms with Crippen LogP contribution in [0.15, 0.2) is 60.7 Å². The minimum Gasteiger partial charge on any atom is -0.452 e. The Morgan fingerprint density at radius 1 is 1.10 bits per heavy atom. The van der Waals surface area contributed by atoms with Crippen molar-refractivity contribution in [3.05, 3.63) is 88.2 Å². The van der Waals surface area contributed by atoms with Crippen LogP contribution in [0.1, 0.15) is 22.5 Å². The highest BCUT2D eigenvalue weighted by Gasteiger charge is 2.14. The number of aryl methyl sites for hydroxylation is 1. The quantitative estimate of drug-likeness (QED) is 0.405. The molecule has 0 N–H and O–H groups in total. The third-order valence-electron chi connectivity index (χ3n) is 4.96. The number of para-hydroxylation sites is 1. The predicted molar refractivity (Wildman–Crippen MR) is 122 cm³/mol. The van der Waals surface area contributed by atoms with E-state index in [1.807, 2.05) is 73.1 Å². The van der Waals surface area contributed by atoms with E-state index in [4.69, 9.17) is 16.3 Å². The third-order valence-corrected chi connectivity index (χ3v) is 5.33. The van der Waals surface area contributed by atoms with Gasteiger partial charge in [-0.15, -0.1) is 0 Å². The molecule has 0 unspecified atom stereocenters. The zero-order chi connectivity index (χ0) is 22.4. The van der Waals surface area contributed by atoms with Gasteiger partial charge >= 0.3 is 5.97 Å². The van der Waals surface area contributed by atoms with E-state index in [0.717, 1.165) is 28.2 Å². The molecular formula is C24H24ClN3O3. The normalized spacial score (nSPS) is 11.0. The smallest absolute Gasteiger partial charge is 0.331 e. The van der Waals surface area contributed by atoms with Crippen molar-refractivity contribution in [2.45, 2.75) is 20.4 Å². The van der Waals surface area contributed by atoms with Crippen LogP contribution < -0.4 is 4.90 Å². The van der Waals surface area contributed by atoms with Crippen LogP contribution in [0.4, 0.5) is 5.69 Å². The van der Waals surface area contributed by atoms with Gasteiger partial charge in [0.25, 0.3) is 5.91 Å². The average Bonchev–Trinajstić information content (AvgIpc) is 3.04. The van der Waals surface area contributed by atoms with Gasteiger partial charge in [-0.2, -0.15) is 5.10 Å².